The number of para-hydroxylation sites is 1. The van der Waals surface area contributed by atoms with Gasteiger partial charge in [-0.2, -0.15) is 18.3 Å². The van der Waals surface area contributed by atoms with E-state index in [4.69, 9.17) is 0 Å². The fourth-order valence-corrected chi connectivity index (χ4v) is 4.08. The van der Waals surface area contributed by atoms with Crippen molar-refractivity contribution in [2.45, 2.75) is 25.4 Å². The van der Waals surface area contributed by atoms with Crippen molar-refractivity contribution in [1.82, 2.24) is 30.2 Å². The second-order valence-electron chi connectivity index (χ2n) is 8.70. The van der Waals surface area contributed by atoms with Crippen LogP contribution in [-0.4, -0.2) is 70.1 Å². The molecule has 3 heterocycles. The molecule has 0 radical (unpaired) electrons. The van der Waals surface area contributed by atoms with E-state index < -0.39 is 35.3 Å². The normalized spacial score (nSPS) is 15.8. The summed E-state index contributed by atoms with van der Waals surface area (Å²) in [6.07, 6.45) is 4.02. The summed E-state index contributed by atoms with van der Waals surface area (Å²) in [4.78, 5) is 40.6. The van der Waals surface area contributed by atoms with Crippen LogP contribution in [0.5, 0.6) is 0 Å². The molecule has 4 amide bonds. The number of piperidine rings is 1. The first-order valence-corrected chi connectivity index (χ1v) is 12.0. The molecule has 37 heavy (non-hydrogen) atoms. The van der Waals surface area contributed by atoms with Gasteiger partial charge in [0.25, 0.3) is 11.8 Å². The maximum absolute atomic E-state index is 13.5. The third kappa shape index (κ3) is 6.57. The van der Waals surface area contributed by atoms with Crippen molar-refractivity contribution in [3.05, 3.63) is 71.7 Å². The van der Waals surface area contributed by atoms with Crippen molar-refractivity contribution in [2.24, 2.45) is 0 Å². The first-order valence-electron chi connectivity index (χ1n) is 12.0. The predicted molar refractivity (Wildman–Crippen MR) is 129 cm³/mol. The summed E-state index contributed by atoms with van der Waals surface area (Å²) in [5, 5.41) is 8.48. The quantitative estimate of drug-likeness (QED) is 0.615. The molecule has 1 saturated heterocycles. The van der Waals surface area contributed by atoms with Crippen molar-refractivity contribution in [3.63, 3.8) is 0 Å². The highest BCUT2D eigenvalue weighted by molar-refractivity contribution is 6.05. The van der Waals surface area contributed by atoms with Crippen LogP contribution in [0.2, 0.25) is 0 Å². The average molecular weight is 517 g/mol. The van der Waals surface area contributed by atoms with Crippen molar-refractivity contribution in [1.29, 1.82) is 0 Å². The lowest BCUT2D eigenvalue weighted by Crippen LogP contribution is -2.45. The molecule has 0 aliphatic carbocycles. The molecular formula is C25H27F3N6O3. The molecule has 4 rings (SSSR count). The van der Waals surface area contributed by atoms with Gasteiger partial charge in [0.1, 0.15) is 0 Å². The zero-order valence-corrected chi connectivity index (χ0v) is 20.0. The SMILES string of the molecule is O=C(NC(=O)N1CCCCC1)C1=CCN(CCNC(=O)c2cn(-c3ccccc3)nc2C(F)(F)F)C=C1. The van der Waals surface area contributed by atoms with Gasteiger partial charge in [-0.25, -0.2) is 9.48 Å². The van der Waals surface area contributed by atoms with Gasteiger partial charge in [0.2, 0.25) is 0 Å². The van der Waals surface area contributed by atoms with Gasteiger partial charge < -0.3 is 15.1 Å². The smallest absolute Gasteiger partial charge is 0.372 e. The summed E-state index contributed by atoms with van der Waals surface area (Å²) >= 11 is 0. The minimum atomic E-state index is -4.79. The van der Waals surface area contributed by atoms with Crippen LogP contribution in [-0.2, 0) is 11.0 Å². The first kappa shape index (κ1) is 26.0. The van der Waals surface area contributed by atoms with Gasteiger partial charge >= 0.3 is 12.2 Å². The Kier molecular flexibility index (Phi) is 7.95. The van der Waals surface area contributed by atoms with Gasteiger partial charge in [0.05, 0.1) is 11.3 Å². The van der Waals surface area contributed by atoms with E-state index in [9.17, 15) is 27.6 Å². The van der Waals surface area contributed by atoms with E-state index in [-0.39, 0.29) is 6.54 Å². The largest absolute Gasteiger partial charge is 0.435 e. The lowest BCUT2D eigenvalue weighted by Gasteiger charge is -2.27. The molecule has 1 fully saturated rings. The second kappa shape index (κ2) is 11.3. The monoisotopic (exact) mass is 516 g/mol. The van der Waals surface area contributed by atoms with E-state index in [1.807, 2.05) is 0 Å². The van der Waals surface area contributed by atoms with Crippen molar-refractivity contribution in [2.75, 3.05) is 32.7 Å². The molecule has 0 atom stereocenters. The summed E-state index contributed by atoms with van der Waals surface area (Å²) in [5.41, 5.74) is -1.09. The van der Waals surface area contributed by atoms with Crippen LogP contribution in [0, 0.1) is 0 Å². The third-order valence-corrected chi connectivity index (χ3v) is 6.07. The first-order chi connectivity index (χ1) is 17.7. The Morgan fingerprint density at radius 2 is 1.73 bits per heavy atom. The number of nitrogens with zero attached hydrogens (tertiary/aromatic N) is 4. The Morgan fingerprint density at radius 1 is 1.00 bits per heavy atom. The molecule has 2 aliphatic rings. The molecule has 2 N–H and O–H groups in total. The van der Waals surface area contributed by atoms with Gasteiger partial charge in [-0.05, 0) is 37.5 Å². The zero-order chi connectivity index (χ0) is 26.4. The number of halogens is 3. The van der Waals surface area contributed by atoms with Crippen LogP contribution in [0.25, 0.3) is 5.69 Å². The maximum atomic E-state index is 13.5. The minimum absolute atomic E-state index is 0.0692. The number of rotatable bonds is 6. The highest BCUT2D eigenvalue weighted by Crippen LogP contribution is 2.31. The molecule has 1 aromatic heterocycles. The second-order valence-corrected chi connectivity index (χ2v) is 8.70. The van der Waals surface area contributed by atoms with E-state index in [1.165, 1.54) is 0 Å². The number of nitrogens with one attached hydrogen (secondary N) is 2. The molecule has 12 heteroatoms. The lowest BCUT2D eigenvalue weighted by molar-refractivity contribution is -0.141. The van der Waals surface area contributed by atoms with Crippen molar-refractivity contribution >= 4 is 17.8 Å². The summed E-state index contributed by atoms with van der Waals surface area (Å²) in [5.74, 6) is -1.38. The van der Waals surface area contributed by atoms with Gasteiger partial charge in [0, 0.05) is 50.7 Å². The number of amides is 4. The fourth-order valence-electron chi connectivity index (χ4n) is 4.08. The predicted octanol–water partition coefficient (Wildman–Crippen LogP) is 3.10. The van der Waals surface area contributed by atoms with E-state index in [1.54, 1.807) is 58.5 Å². The number of carbonyl (C=O) groups is 3. The molecular weight excluding hydrogens is 489 g/mol. The lowest BCUT2D eigenvalue weighted by atomic mass is 10.1. The highest BCUT2D eigenvalue weighted by Gasteiger charge is 2.39. The molecule has 9 nitrogen and oxygen atoms in total. The van der Waals surface area contributed by atoms with Gasteiger partial charge in [0.15, 0.2) is 5.69 Å². The van der Waals surface area contributed by atoms with E-state index in [0.29, 0.717) is 37.4 Å². The molecule has 0 saturated carbocycles. The molecule has 2 aromatic rings. The van der Waals surface area contributed by atoms with E-state index >= 15 is 0 Å². The van der Waals surface area contributed by atoms with Crippen LogP contribution >= 0.6 is 0 Å². The minimum Gasteiger partial charge on any atom is -0.372 e. The Balaban J connectivity index is 1.28. The molecule has 2 aliphatic heterocycles. The fraction of sp³-hybridized carbons (Fsp3) is 0.360. The number of hydrogen-bond acceptors (Lipinski definition) is 5. The molecule has 0 spiro atoms. The summed E-state index contributed by atoms with van der Waals surface area (Å²) in [6.45, 7) is 1.97. The summed E-state index contributed by atoms with van der Waals surface area (Å²) < 4.78 is 41.5. The molecule has 196 valence electrons. The number of likely N-dealkylation sites (tertiary alicyclic amines) is 1. The Labute approximate surface area is 211 Å². The van der Waals surface area contributed by atoms with Crippen molar-refractivity contribution in [3.8, 4) is 5.69 Å². The summed E-state index contributed by atoms with van der Waals surface area (Å²) in [6, 6.07) is 7.81. The number of urea groups is 1. The number of benzene rings is 1. The number of aromatic nitrogens is 2. The van der Waals surface area contributed by atoms with Gasteiger partial charge in [-0.1, -0.05) is 24.3 Å². The number of alkyl halides is 3. The third-order valence-electron chi connectivity index (χ3n) is 6.07. The number of carbonyl (C=O) groups excluding carboxylic acids is 3. The Bertz CT molecular complexity index is 1200. The van der Waals surface area contributed by atoms with Crippen molar-refractivity contribution < 1.29 is 27.6 Å². The average Bonchev–Trinajstić information content (AvgIpc) is 3.37. The number of imide groups is 1. The van der Waals surface area contributed by atoms with E-state index in [0.717, 1.165) is 30.1 Å². The van der Waals surface area contributed by atoms with Crippen LogP contribution in [0.15, 0.2) is 60.5 Å². The topological polar surface area (TPSA) is 99.6 Å². The molecule has 0 unspecified atom stereocenters. The van der Waals surface area contributed by atoms with Crippen LogP contribution in [0.4, 0.5) is 18.0 Å². The van der Waals surface area contributed by atoms with Gasteiger partial charge in [-0.3, -0.25) is 14.9 Å². The summed E-state index contributed by atoms with van der Waals surface area (Å²) in [7, 11) is 0. The number of hydrogen-bond donors (Lipinski definition) is 2. The maximum Gasteiger partial charge on any atom is 0.435 e. The zero-order valence-electron chi connectivity index (χ0n) is 20.0. The van der Waals surface area contributed by atoms with Crippen LogP contribution in [0.1, 0.15) is 35.3 Å². The molecule has 0 bridgehead atoms. The standard InChI is InChI=1S/C25H27F3N6O3/c26-25(27,28)21-20(17-34(31-21)19-7-3-1-4-8-19)23(36)29-11-16-32-14-9-18(10-15-32)22(35)30-24(37)33-12-5-2-6-13-33/h1,3-4,7-10,14,17H,2,5-6,11-13,15-16H2,(H,29,36)(H,30,35,37). The Hall–Kier alpha value is -4.09. The highest BCUT2D eigenvalue weighted by atomic mass is 19.4. The van der Waals surface area contributed by atoms with Crippen LogP contribution in [0.3, 0.4) is 0 Å². The van der Waals surface area contributed by atoms with Gasteiger partial charge in [-0.15, -0.1) is 0 Å². The Morgan fingerprint density at radius 3 is 2.38 bits per heavy atom. The molecule has 1 aromatic carbocycles. The van der Waals surface area contributed by atoms with Crippen LogP contribution < -0.4 is 10.6 Å². The van der Waals surface area contributed by atoms with E-state index in [2.05, 4.69) is 15.7 Å².